The summed E-state index contributed by atoms with van der Waals surface area (Å²) in [5, 5.41) is 37.8. The quantitative estimate of drug-likeness (QED) is 0.461. The Hall–Kier alpha value is -3.16. The lowest BCUT2D eigenvalue weighted by molar-refractivity contribution is -0.174. The topological polar surface area (TPSA) is 149 Å². The Bertz CT molecular complexity index is 706. The molecule has 0 aromatic heterocycles. The fourth-order valence-electron chi connectivity index (χ4n) is 2.98. The van der Waals surface area contributed by atoms with Gasteiger partial charge in [-0.15, -0.1) is 0 Å². The molecule has 126 valence electrons. The standard InChI is InChI=1S/C16H14O8/c17-11(18)15(12(19)20)7-6-10(9-4-2-1-3-5-9)16(8-15,13(21)22)14(23)24/h1-7,10H,8H2,(H,17,18)(H,19,20)(H,21,22)(H,23,24). The number of carboxylic acid groups (broad SMARTS) is 4. The molecule has 4 N–H and O–H groups in total. The third-order valence-corrected chi connectivity index (χ3v) is 4.35. The van der Waals surface area contributed by atoms with Gasteiger partial charge < -0.3 is 20.4 Å². The van der Waals surface area contributed by atoms with Gasteiger partial charge in [-0.1, -0.05) is 42.5 Å². The van der Waals surface area contributed by atoms with Crippen LogP contribution in [0.5, 0.6) is 0 Å². The maximum Gasteiger partial charge on any atom is 0.325 e. The average molecular weight is 334 g/mol. The van der Waals surface area contributed by atoms with Gasteiger partial charge in [-0.25, -0.2) is 0 Å². The van der Waals surface area contributed by atoms with Crippen LogP contribution in [0, 0.1) is 10.8 Å². The molecule has 0 heterocycles. The number of hydrogen-bond donors (Lipinski definition) is 4. The van der Waals surface area contributed by atoms with Crippen molar-refractivity contribution in [3.63, 3.8) is 0 Å². The van der Waals surface area contributed by atoms with E-state index in [2.05, 4.69) is 0 Å². The summed E-state index contributed by atoms with van der Waals surface area (Å²) >= 11 is 0. The van der Waals surface area contributed by atoms with Crippen LogP contribution in [0.15, 0.2) is 42.5 Å². The third kappa shape index (κ3) is 2.32. The van der Waals surface area contributed by atoms with Gasteiger partial charge in [-0.3, -0.25) is 19.2 Å². The number of carboxylic acids is 4. The summed E-state index contributed by atoms with van der Waals surface area (Å²) in [4.78, 5) is 46.6. The summed E-state index contributed by atoms with van der Waals surface area (Å²) < 4.78 is 0. The number of carbonyl (C=O) groups is 4. The highest BCUT2D eigenvalue weighted by Crippen LogP contribution is 2.51. The number of allylic oxidation sites excluding steroid dienone is 1. The van der Waals surface area contributed by atoms with Crippen LogP contribution in [0.1, 0.15) is 17.9 Å². The second kappa shape index (κ2) is 5.80. The molecule has 1 aliphatic carbocycles. The second-order valence-corrected chi connectivity index (χ2v) is 5.59. The number of hydrogen-bond acceptors (Lipinski definition) is 4. The van der Waals surface area contributed by atoms with Crippen LogP contribution < -0.4 is 0 Å². The molecule has 8 nitrogen and oxygen atoms in total. The zero-order chi connectivity index (χ0) is 18.1. The Labute approximate surface area is 135 Å². The molecule has 24 heavy (non-hydrogen) atoms. The summed E-state index contributed by atoms with van der Waals surface area (Å²) in [6, 6.07) is 7.81. The molecule has 0 amide bonds. The maximum atomic E-state index is 11.8. The Morgan fingerprint density at radius 1 is 0.833 bits per heavy atom. The minimum atomic E-state index is -2.62. The SMILES string of the molecule is O=C(O)C1(C(=O)O)C=CC(c2ccccc2)C(C(=O)O)(C(=O)O)C1. The molecule has 1 aromatic rings. The van der Waals surface area contributed by atoms with Gasteiger partial charge in [-0.2, -0.15) is 0 Å². The van der Waals surface area contributed by atoms with Gasteiger partial charge in [0.1, 0.15) is 0 Å². The third-order valence-electron chi connectivity index (χ3n) is 4.35. The molecule has 0 saturated heterocycles. The first-order chi connectivity index (χ1) is 11.2. The zero-order valence-corrected chi connectivity index (χ0v) is 12.2. The Morgan fingerprint density at radius 2 is 1.33 bits per heavy atom. The van der Waals surface area contributed by atoms with Gasteiger partial charge in [0.15, 0.2) is 10.8 Å². The van der Waals surface area contributed by atoms with Crippen molar-refractivity contribution in [1.82, 2.24) is 0 Å². The molecular weight excluding hydrogens is 320 g/mol. The van der Waals surface area contributed by atoms with Crippen molar-refractivity contribution in [3.05, 3.63) is 48.0 Å². The number of rotatable bonds is 5. The van der Waals surface area contributed by atoms with E-state index in [1.54, 1.807) is 18.2 Å². The highest BCUT2D eigenvalue weighted by molar-refractivity contribution is 6.06. The van der Waals surface area contributed by atoms with Gasteiger partial charge in [0.05, 0.1) is 0 Å². The molecule has 2 rings (SSSR count). The van der Waals surface area contributed by atoms with Crippen LogP contribution in [0.3, 0.4) is 0 Å². The normalized spacial score (nSPS) is 20.9. The first kappa shape index (κ1) is 17.2. The molecule has 0 spiro atoms. The predicted octanol–water partition coefficient (Wildman–Crippen LogP) is 1.04. The van der Waals surface area contributed by atoms with Crippen molar-refractivity contribution in [1.29, 1.82) is 0 Å². The van der Waals surface area contributed by atoms with E-state index in [0.29, 0.717) is 5.56 Å². The van der Waals surface area contributed by atoms with Gasteiger partial charge in [0.2, 0.25) is 0 Å². The van der Waals surface area contributed by atoms with E-state index in [0.717, 1.165) is 12.2 Å². The van der Waals surface area contributed by atoms with Gasteiger partial charge >= 0.3 is 23.9 Å². The zero-order valence-electron chi connectivity index (χ0n) is 12.2. The molecular formula is C16H14O8. The second-order valence-electron chi connectivity index (χ2n) is 5.59. The minimum Gasteiger partial charge on any atom is -0.480 e. The van der Waals surface area contributed by atoms with E-state index in [4.69, 9.17) is 0 Å². The van der Waals surface area contributed by atoms with Crippen molar-refractivity contribution in [2.24, 2.45) is 10.8 Å². The monoisotopic (exact) mass is 334 g/mol. The summed E-state index contributed by atoms with van der Waals surface area (Å²) in [7, 11) is 0. The lowest BCUT2D eigenvalue weighted by Crippen LogP contribution is -2.54. The van der Waals surface area contributed by atoms with Crippen LogP contribution in [0.4, 0.5) is 0 Å². The molecule has 1 atom stereocenters. The first-order valence-corrected chi connectivity index (χ1v) is 6.86. The summed E-state index contributed by atoms with van der Waals surface area (Å²) in [6.07, 6.45) is 0.800. The molecule has 0 radical (unpaired) electrons. The largest absolute Gasteiger partial charge is 0.480 e. The van der Waals surface area contributed by atoms with Crippen LogP contribution in [0.25, 0.3) is 0 Å². The fraction of sp³-hybridized carbons (Fsp3) is 0.250. The molecule has 0 fully saturated rings. The summed E-state index contributed by atoms with van der Waals surface area (Å²) in [5.74, 6) is -8.42. The van der Waals surface area contributed by atoms with Crippen molar-refractivity contribution in [2.45, 2.75) is 12.3 Å². The lowest BCUT2D eigenvalue weighted by Gasteiger charge is -2.40. The van der Waals surface area contributed by atoms with E-state index in [9.17, 15) is 39.6 Å². The van der Waals surface area contributed by atoms with E-state index in [-0.39, 0.29) is 0 Å². The Kier molecular flexibility index (Phi) is 4.16. The molecule has 8 heteroatoms. The van der Waals surface area contributed by atoms with Gasteiger partial charge in [-0.05, 0) is 5.56 Å². The minimum absolute atomic E-state index is 0.336. The van der Waals surface area contributed by atoms with Crippen LogP contribution in [-0.4, -0.2) is 44.3 Å². The van der Waals surface area contributed by atoms with E-state index < -0.39 is 47.0 Å². The molecule has 1 unspecified atom stereocenters. The number of benzene rings is 1. The van der Waals surface area contributed by atoms with E-state index in [1.165, 1.54) is 12.1 Å². The highest BCUT2D eigenvalue weighted by Gasteiger charge is 2.63. The van der Waals surface area contributed by atoms with E-state index >= 15 is 0 Å². The smallest absolute Gasteiger partial charge is 0.325 e. The molecule has 1 aromatic carbocycles. The average Bonchev–Trinajstić information content (AvgIpc) is 2.54. The Balaban J connectivity index is 2.76. The van der Waals surface area contributed by atoms with Crippen molar-refractivity contribution in [2.75, 3.05) is 0 Å². The van der Waals surface area contributed by atoms with Crippen LogP contribution >= 0.6 is 0 Å². The van der Waals surface area contributed by atoms with Crippen molar-refractivity contribution < 1.29 is 39.6 Å². The van der Waals surface area contributed by atoms with E-state index in [1.807, 2.05) is 0 Å². The van der Waals surface area contributed by atoms with Gasteiger partial charge in [0, 0.05) is 12.3 Å². The Morgan fingerprint density at radius 3 is 1.75 bits per heavy atom. The van der Waals surface area contributed by atoms with Crippen molar-refractivity contribution >= 4 is 23.9 Å². The first-order valence-electron chi connectivity index (χ1n) is 6.86. The maximum absolute atomic E-state index is 11.8. The van der Waals surface area contributed by atoms with Crippen LogP contribution in [0.2, 0.25) is 0 Å². The molecule has 0 saturated carbocycles. The molecule has 0 bridgehead atoms. The summed E-state index contributed by atoms with van der Waals surface area (Å²) in [6.45, 7) is 0. The van der Waals surface area contributed by atoms with Gasteiger partial charge in [0.25, 0.3) is 0 Å². The predicted molar refractivity (Wildman–Crippen MR) is 78.3 cm³/mol. The van der Waals surface area contributed by atoms with Crippen molar-refractivity contribution in [3.8, 4) is 0 Å². The van der Waals surface area contributed by atoms with Crippen LogP contribution in [-0.2, 0) is 19.2 Å². The number of aliphatic carboxylic acids is 4. The lowest BCUT2D eigenvalue weighted by atomic mass is 9.59. The summed E-state index contributed by atoms with van der Waals surface area (Å²) in [5.41, 5.74) is -4.91. The fourth-order valence-corrected chi connectivity index (χ4v) is 2.98. The molecule has 0 aliphatic heterocycles. The molecule has 1 aliphatic rings. The highest BCUT2D eigenvalue weighted by atomic mass is 16.4.